The normalized spacial score (nSPS) is 14.9. The summed E-state index contributed by atoms with van der Waals surface area (Å²) in [5, 5.41) is 0. The van der Waals surface area contributed by atoms with Gasteiger partial charge in [-0.25, -0.2) is 4.98 Å². The lowest BCUT2D eigenvalue weighted by molar-refractivity contribution is 0.316. The molecule has 0 radical (unpaired) electrons. The Balaban J connectivity index is 1.71. The van der Waals surface area contributed by atoms with Gasteiger partial charge in [0.2, 0.25) is 0 Å². The molecule has 1 aliphatic rings. The van der Waals surface area contributed by atoms with E-state index in [1.165, 1.54) is 42.6 Å². The summed E-state index contributed by atoms with van der Waals surface area (Å²) in [5.41, 5.74) is 4.86. The number of hydrogen-bond acceptors (Lipinski definition) is 2. The second kappa shape index (κ2) is 7.61. The van der Waals surface area contributed by atoms with Crippen molar-refractivity contribution in [2.45, 2.75) is 25.4 Å². The van der Waals surface area contributed by atoms with Gasteiger partial charge in [-0.3, -0.25) is 4.90 Å². The minimum atomic E-state index is 0.118. The van der Waals surface area contributed by atoms with Crippen LogP contribution in [-0.2, 0) is 6.54 Å². The second-order valence-corrected chi connectivity index (χ2v) is 7.59. The van der Waals surface area contributed by atoms with Crippen molar-refractivity contribution in [2.75, 3.05) is 13.1 Å². The summed E-state index contributed by atoms with van der Waals surface area (Å²) in [6.07, 6.45) is 2.59. The number of likely N-dealkylation sites (tertiary alicyclic amines) is 1. The quantitative estimate of drug-likeness (QED) is 0.479. The molecule has 3 nitrogen and oxygen atoms in total. The Kier molecular flexibility index (Phi) is 4.67. The maximum absolute atomic E-state index is 5.07. The molecule has 1 aliphatic heterocycles. The minimum Gasteiger partial charge on any atom is -0.315 e. The predicted molar refractivity (Wildman–Crippen MR) is 114 cm³/mol. The molecule has 0 amide bonds. The van der Waals surface area contributed by atoms with E-state index in [0.717, 1.165) is 17.9 Å². The van der Waals surface area contributed by atoms with Crippen molar-refractivity contribution in [2.24, 2.45) is 0 Å². The Morgan fingerprint density at radius 3 is 1.93 bits per heavy atom. The monoisotopic (exact) mass is 367 g/mol. The number of fused-ring (bicyclic) bond motifs is 1. The first-order chi connectivity index (χ1) is 13.9. The molecule has 28 heavy (non-hydrogen) atoms. The van der Waals surface area contributed by atoms with E-state index in [4.69, 9.17) is 4.98 Å². The zero-order valence-corrected chi connectivity index (χ0v) is 16.0. The van der Waals surface area contributed by atoms with Crippen LogP contribution in [0.3, 0.4) is 0 Å². The summed E-state index contributed by atoms with van der Waals surface area (Å²) in [5.74, 6) is 1.15. The SMILES string of the molecule is c1ccc(C(c2ccccc2)n2c(CN3CCCC3)nc3ccccc32)cc1. The average Bonchev–Trinajstić information content (AvgIpc) is 3.39. The summed E-state index contributed by atoms with van der Waals surface area (Å²) < 4.78 is 2.46. The molecule has 3 heteroatoms. The smallest absolute Gasteiger partial charge is 0.124 e. The van der Waals surface area contributed by atoms with Crippen molar-refractivity contribution in [1.29, 1.82) is 0 Å². The number of benzene rings is 3. The minimum absolute atomic E-state index is 0.118. The number of para-hydroxylation sites is 2. The topological polar surface area (TPSA) is 21.1 Å². The Labute approximate surface area is 166 Å². The molecule has 3 aromatic carbocycles. The Hall–Kier alpha value is -2.91. The van der Waals surface area contributed by atoms with E-state index in [9.17, 15) is 0 Å². The molecule has 0 saturated carbocycles. The summed E-state index contributed by atoms with van der Waals surface area (Å²) in [4.78, 5) is 7.60. The van der Waals surface area contributed by atoms with Crippen LogP contribution in [0.4, 0.5) is 0 Å². The number of imidazole rings is 1. The third-order valence-corrected chi connectivity index (χ3v) is 5.72. The highest BCUT2D eigenvalue weighted by molar-refractivity contribution is 5.76. The largest absolute Gasteiger partial charge is 0.315 e. The highest BCUT2D eigenvalue weighted by Crippen LogP contribution is 2.32. The molecule has 0 aliphatic carbocycles. The third kappa shape index (κ3) is 3.23. The van der Waals surface area contributed by atoms with Crippen molar-refractivity contribution < 1.29 is 0 Å². The van der Waals surface area contributed by atoms with E-state index in [1.807, 2.05) is 0 Å². The van der Waals surface area contributed by atoms with Gasteiger partial charge < -0.3 is 4.57 Å². The molecule has 140 valence electrons. The van der Waals surface area contributed by atoms with Crippen LogP contribution in [0, 0.1) is 0 Å². The number of nitrogens with zero attached hydrogens (tertiary/aromatic N) is 3. The van der Waals surface area contributed by atoms with Gasteiger partial charge >= 0.3 is 0 Å². The Bertz CT molecular complexity index is 1010. The summed E-state index contributed by atoms with van der Waals surface area (Å²) in [6.45, 7) is 3.25. The van der Waals surface area contributed by atoms with E-state index in [0.29, 0.717) is 0 Å². The van der Waals surface area contributed by atoms with E-state index in [2.05, 4.69) is 94.4 Å². The van der Waals surface area contributed by atoms with Crippen LogP contribution in [-0.4, -0.2) is 27.5 Å². The summed E-state index contributed by atoms with van der Waals surface area (Å²) in [6, 6.07) is 30.3. The van der Waals surface area contributed by atoms with E-state index < -0.39 is 0 Å². The first-order valence-corrected chi connectivity index (χ1v) is 10.2. The van der Waals surface area contributed by atoms with Gasteiger partial charge in [-0.05, 0) is 49.2 Å². The van der Waals surface area contributed by atoms with Gasteiger partial charge in [0, 0.05) is 0 Å². The fourth-order valence-corrected chi connectivity index (χ4v) is 4.40. The molecule has 0 unspecified atom stereocenters. The molecule has 0 atom stereocenters. The number of rotatable bonds is 5. The first kappa shape index (κ1) is 17.2. The number of hydrogen-bond donors (Lipinski definition) is 0. The lowest BCUT2D eigenvalue weighted by Crippen LogP contribution is -2.23. The van der Waals surface area contributed by atoms with Crippen LogP contribution in [0.2, 0.25) is 0 Å². The molecule has 1 aromatic heterocycles. The molecule has 4 aromatic rings. The Morgan fingerprint density at radius 2 is 1.29 bits per heavy atom. The zero-order valence-electron chi connectivity index (χ0n) is 16.0. The molecular weight excluding hydrogens is 342 g/mol. The Morgan fingerprint density at radius 1 is 0.714 bits per heavy atom. The van der Waals surface area contributed by atoms with Crippen LogP contribution in [0.1, 0.15) is 35.8 Å². The van der Waals surface area contributed by atoms with Gasteiger partial charge in [0.05, 0.1) is 23.6 Å². The van der Waals surface area contributed by atoms with Gasteiger partial charge in [0.15, 0.2) is 0 Å². The van der Waals surface area contributed by atoms with Gasteiger partial charge in [-0.1, -0.05) is 72.8 Å². The van der Waals surface area contributed by atoms with Crippen LogP contribution in [0.15, 0.2) is 84.9 Å². The fraction of sp³-hybridized carbons (Fsp3) is 0.240. The third-order valence-electron chi connectivity index (χ3n) is 5.72. The molecule has 1 saturated heterocycles. The predicted octanol–water partition coefficient (Wildman–Crippen LogP) is 5.27. The average molecular weight is 367 g/mol. The molecular formula is C25H25N3. The van der Waals surface area contributed by atoms with Gasteiger partial charge in [-0.15, -0.1) is 0 Å². The van der Waals surface area contributed by atoms with E-state index in [-0.39, 0.29) is 6.04 Å². The highest BCUT2D eigenvalue weighted by atomic mass is 15.2. The van der Waals surface area contributed by atoms with E-state index >= 15 is 0 Å². The van der Waals surface area contributed by atoms with Gasteiger partial charge in [-0.2, -0.15) is 0 Å². The van der Waals surface area contributed by atoms with Gasteiger partial charge in [0.1, 0.15) is 5.82 Å². The van der Waals surface area contributed by atoms with Gasteiger partial charge in [0.25, 0.3) is 0 Å². The lowest BCUT2D eigenvalue weighted by Gasteiger charge is -2.25. The molecule has 5 rings (SSSR count). The van der Waals surface area contributed by atoms with Crippen LogP contribution in [0.25, 0.3) is 11.0 Å². The van der Waals surface area contributed by atoms with Crippen molar-refractivity contribution in [3.8, 4) is 0 Å². The van der Waals surface area contributed by atoms with E-state index in [1.54, 1.807) is 0 Å². The van der Waals surface area contributed by atoms with Crippen molar-refractivity contribution >= 4 is 11.0 Å². The first-order valence-electron chi connectivity index (χ1n) is 10.2. The zero-order chi connectivity index (χ0) is 18.8. The summed E-state index contributed by atoms with van der Waals surface area (Å²) in [7, 11) is 0. The number of aromatic nitrogens is 2. The maximum Gasteiger partial charge on any atom is 0.124 e. The van der Waals surface area contributed by atoms with Crippen LogP contribution in [0.5, 0.6) is 0 Å². The summed E-state index contributed by atoms with van der Waals surface area (Å²) >= 11 is 0. The molecule has 0 spiro atoms. The fourth-order valence-electron chi connectivity index (χ4n) is 4.40. The molecule has 0 bridgehead atoms. The van der Waals surface area contributed by atoms with Crippen LogP contribution >= 0.6 is 0 Å². The van der Waals surface area contributed by atoms with Crippen molar-refractivity contribution in [3.05, 3.63) is 102 Å². The lowest BCUT2D eigenvalue weighted by atomic mass is 9.98. The van der Waals surface area contributed by atoms with Crippen molar-refractivity contribution in [3.63, 3.8) is 0 Å². The highest BCUT2D eigenvalue weighted by Gasteiger charge is 2.24. The molecule has 1 fully saturated rings. The molecule has 0 N–H and O–H groups in total. The van der Waals surface area contributed by atoms with Crippen LogP contribution < -0.4 is 0 Å². The van der Waals surface area contributed by atoms with Crippen molar-refractivity contribution in [1.82, 2.24) is 14.5 Å². The second-order valence-electron chi connectivity index (χ2n) is 7.59. The standard InChI is InChI=1S/C25H25N3/c1-3-11-20(12-4-1)25(21-13-5-2-6-14-21)28-23-16-8-7-15-22(23)26-24(28)19-27-17-9-10-18-27/h1-8,11-16,25H,9-10,17-19H2. The maximum atomic E-state index is 5.07. The molecule has 2 heterocycles.